The fraction of sp³-hybridized carbons (Fsp3) is 0.700. The standard InChI is InChI=1S/C6H12O2.2C2H4O2.Mg.2H/c1-3-5(4-2)6(7)8;2*1-2(3)4;;;/h5H,3-4H2,1-2H3,(H,7,8);2*1H3,(H,3,4);;;. The van der Waals surface area contributed by atoms with E-state index in [0.29, 0.717) is 0 Å². The van der Waals surface area contributed by atoms with Gasteiger partial charge in [0.2, 0.25) is 0 Å². The summed E-state index contributed by atoms with van der Waals surface area (Å²) in [5.74, 6) is -2.47. The van der Waals surface area contributed by atoms with Gasteiger partial charge >= 0.3 is 29.0 Å². The predicted octanol–water partition coefficient (Wildman–Crippen LogP) is 0.773. The van der Waals surface area contributed by atoms with Gasteiger partial charge in [0.15, 0.2) is 0 Å². The molecule has 0 spiro atoms. The minimum absolute atomic E-state index is 0. The first-order valence-electron chi connectivity index (χ1n) is 4.80. The summed E-state index contributed by atoms with van der Waals surface area (Å²) in [4.78, 5) is 28.2. The van der Waals surface area contributed by atoms with Crippen LogP contribution in [0.3, 0.4) is 0 Å². The first-order valence-corrected chi connectivity index (χ1v) is 4.80. The summed E-state index contributed by atoms with van der Waals surface area (Å²) in [6, 6.07) is 0. The molecule has 6 nitrogen and oxygen atoms in total. The highest BCUT2D eigenvalue weighted by Gasteiger charge is 2.10. The number of hydrogen-bond donors (Lipinski definition) is 3. The molecule has 0 aliphatic carbocycles. The van der Waals surface area contributed by atoms with Gasteiger partial charge in [-0.2, -0.15) is 0 Å². The van der Waals surface area contributed by atoms with E-state index >= 15 is 0 Å². The molecule has 0 rings (SSSR count). The molecular formula is C10H22MgO6. The first-order chi connectivity index (χ1) is 7.18. The number of rotatable bonds is 3. The van der Waals surface area contributed by atoms with Crippen LogP contribution >= 0.6 is 0 Å². The number of carboxylic acid groups (broad SMARTS) is 3. The van der Waals surface area contributed by atoms with Crippen molar-refractivity contribution in [2.45, 2.75) is 40.5 Å². The second kappa shape index (κ2) is 17.6. The minimum atomic E-state index is -0.833. The van der Waals surface area contributed by atoms with Gasteiger partial charge in [-0.15, -0.1) is 0 Å². The summed E-state index contributed by atoms with van der Waals surface area (Å²) in [6.45, 7) is 5.95. The third kappa shape index (κ3) is 51.2. The maximum Gasteiger partial charge on any atom is 0.316 e. The molecule has 0 heterocycles. The highest BCUT2D eigenvalue weighted by molar-refractivity contribution is 5.75. The molecule has 0 amide bonds. The van der Waals surface area contributed by atoms with E-state index in [-0.39, 0.29) is 29.0 Å². The zero-order valence-electron chi connectivity index (χ0n) is 10.1. The fourth-order valence-electron chi connectivity index (χ4n) is 0.638. The summed E-state index contributed by atoms with van der Waals surface area (Å²) in [6.07, 6.45) is 1.48. The Labute approximate surface area is 117 Å². The third-order valence-corrected chi connectivity index (χ3v) is 1.33. The molecule has 0 aromatic carbocycles. The van der Waals surface area contributed by atoms with Crippen molar-refractivity contribution in [3.05, 3.63) is 0 Å². The number of aliphatic carboxylic acids is 3. The zero-order valence-corrected chi connectivity index (χ0v) is 10.1. The average molecular weight is 263 g/mol. The SMILES string of the molecule is CC(=O)O.CC(=O)O.CCC(CC)C(=O)O.[MgH2]. The van der Waals surface area contributed by atoms with Crippen molar-refractivity contribution in [3.8, 4) is 0 Å². The van der Waals surface area contributed by atoms with Gasteiger partial charge in [0.25, 0.3) is 11.9 Å². The molecule has 0 atom stereocenters. The second-order valence-corrected chi connectivity index (χ2v) is 2.89. The van der Waals surface area contributed by atoms with Gasteiger partial charge < -0.3 is 15.3 Å². The van der Waals surface area contributed by atoms with Crippen LogP contribution in [-0.4, -0.2) is 56.3 Å². The van der Waals surface area contributed by atoms with Crippen molar-refractivity contribution < 1.29 is 29.7 Å². The van der Waals surface area contributed by atoms with E-state index in [9.17, 15) is 4.79 Å². The van der Waals surface area contributed by atoms with Crippen LogP contribution in [0.5, 0.6) is 0 Å². The summed E-state index contributed by atoms with van der Waals surface area (Å²) in [7, 11) is 0. The van der Waals surface area contributed by atoms with Crippen molar-refractivity contribution in [2.24, 2.45) is 5.92 Å². The van der Waals surface area contributed by atoms with Crippen molar-refractivity contribution >= 4 is 41.0 Å². The molecule has 0 radical (unpaired) electrons. The monoisotopic (exact) mass is 262 g/mol. The van der Waals surface area contributed by atoms with Crippen LogP contribution in [0.2, 0.25) is 0 Å². The quantitative estimate of drug-likeness (QED) is 0.648. The van der Waals surface area contributed by atoms with Gasteiger partial charge in [-0.3, -0.25) is 14.4 Å². The Morgan fingerprint density at radius 1 is 0.882 bits per heavy atom. The molecule has 3 N–H and O–H groups in total. The van der Waals surface area contributed by atoms with Gasteiger partial charge in [-0.05, 0) is 12.8 Å². The lowest BCUT2D eigenvalue weighted by atomic mass is 10.1. The molecule has 0 fully saturated rings. The van der Waals surface area contributed by atoms with Crippen LogP contribution in [-0.2, 0) is 14.4 Å². The number of carboxylic acids is 3. The second-order valence-electron chi connectivity index (χ2n) is 2.89. The molecule has 0 unspecified atom stereocenters. The third-order valence-electron chi connectivity index (χ3n) is 1.33. The Morgan fingerprint density at radius 3 is 1.06 bits per heavy atom. The molecule has 0 saturated carbocycles. The lowest BCUT2D eigenvalue weighted by Crippen LogP contribution is -2.10. The topological polar surface area (TPSA) is 112 Å². The van der Waals surface area contributed by atoms with Crippen LogP contribution in [0, 0.1) is 5.92 Å². The Hall–Kier alpha value is -0.824. The Bertz CT molecular complexity index is 193. The molecule has 0 aliphatic rings. The van der Waals surface area contributed by atoms with E-state index in [1.165, 1.54) is 0 Å². The average Bonchev–Trinajstić information content (AvgIpc) is 2.03. The Kier molecular flexibility index (Phi) is 26.0. The summed E-state index contributed by atoms with van der Waals surface area (Å²) >= 11 is 0. The normalized spacial score (nSPS) is 7.59. The van der Waals surface area contributed by atoms with Gasteiger partial charge in [-0.1, -0.05) is 13.8 Å². The number of hydrogen-bond acceptors (Lipinski definition) is 3. The zero-order chi connectivity index (χ0) is 13.7. The van der Waals surface area contributed by atoms with E-state index in [2.05, 4.69) is 0 Å². The highest BCUT2D eigenvalue weighted by Crippen LogP contribution is 2.05. The lowest BCUT2D eigenvalue weighted by Gasteiger charge is -2.02. The van der Waals surface area contributed by atoms with Gasteiger partial charge in [0.05, 0.1) is 5.92 Å². The highest BCUT2D eigenvalue weighted by atomic mass is 24.3. The molecule has 0 aliphatic heterocycles. The van der Waals surface area contributed by atoms with Crippen LogP contribution in [0.15, 0.2) is 0 Å². The molecule has 7 heteroatoms. The van der Waals surface area contributed by atoms with Crippen molar-refractivity contribution in [3.63, 3.8) is 0 Å². The van der Waals surface area contributed by atoms with E-state index < -0.39 is 17.9 Å². The maximum atomic E-state index is 10.2. The molecular weight excluding hydrogens is 240 g/mol. The fourth-order valence-corrected chi connectivity index (χ4v) is 0.638. The molecule has 100 valence electrons. The Balaban J connectivity index is -0.0000000806. The van der Waals surface area contributed by atoms with E-state index in [4.69, 9.17) is 24.9 Å². The van der Waals surface area contributed by atoms with E-state index in [0.717, 1.165) is 26.7 Å². The molecule has 0 aromatic rings. The smallest absolute Gasteiger partial charge is 0.316 e. The summed E-state index contributed by atoms with van der Waals surface area (Å²) in [5, 5.41) is 23.2. The molecule has 17 heavy (non-hydrogen) atoms. The molecule has 0 bridgehead atoms. The van der Waals surface area contributed by atoms with E-state index in [1.54, 1.807) is 0 Å². The van der Waals surface area contributed by atoms with Crippen molar-refractivity contribution in [1.82, 2.24) is 0 Å². The van der Waals surface area contributed by atoms with Crippen LogP contribution in [0.25, 0.3) is 0 Å². The lowest BCUT2D eigenvalue weighted by molar-refractivity contribution is -0.142. The maximum absolute atomic E-state index is 10.2. The van der Waals surface area contributed by atoms with Gasteiger partial charge in [0.1, 0.15) is 0 Å². The predicted molar refractivity (Wildman–Crippen MR) is 66.9 cm³/mol. The van der Waals surface area contributed by atoms with Crippen LogP contribution < -0.4 is 0 Å². The first kappa shape index (κ1) is 25.1. The van der Waals surface area contributed by atoms with Crippen molar-refractivity contribution in [2.75, 3.05) is 0 Å². The molecule has 0 aromatic heterocycles. The van der Waals surface area contributed by atoms with Gasteiger partial charge in [0, 0.05) is 13.8 Å². The summed E-state index contributed by atoms with van der Waals surface area (Å²) < 4.78 is 0. The van der Waals surface area contributed by atoms with Crippen LogP contribution in [0.4, 0.5) is 0 Å². The van der Waals surface area contributed by atoms with Gasteiger partial charge in [-0.25, -0.2) is 0 Å². The molecule has 0 saturated heterocycles. The summed E-state index contributed by atoms with van der Waals surface area (Å²) in [5.41, 5.74) is 0. The van der Waals surface area contributed by atoms with E-state index in [1.807, 2.05) is 13.8 Å². The van der Waals surface area contributed by atoms with Crippen molar-refractivity contribution in [1.29, 1.82) is 0 Å². The largest absolute Gasteiger partial charge is 0.481 e. The van der Waals surface area contributed by atoms with Crippen LogP contribution in [0.1, 0.15) is 40.5 Å². The minimum Gasteiger partial charge on any atom is -0.481 e. The Morgan fingerprint density at radius 2 is 1.06 bits per heavy atom. The number of carbonyl (C=O) groups is 3.